The summed E-state index contributed by atoms with van der Waals surface area (Å²) in [7, 11) is 2.87. The highest BCUT2D eigenvalue weighted by atomic mass is 16.7. The van der Waals surface area contributed by atoms with E-state index in [0.717, 1.165) is 57.5 Å². The van der Waals surface area contributed by atoms with Crippen LogP contribution in [0.4, 0.5) is 0 Å². The van der Waals surface area contributed by atoms with Crippen molar-refractivity contribution in [2.24, 2.45) is 0 Å². The second-order valence-corrected chi connectivity index (χ2v) is 11.5. The lowest BCUT2D eigenvalue weighted by Gasteiger charge is -2.32. The van der Waals surface area contributed by atoms with Gasteiger partial charge in [-0.2, -0.15) is 0 Å². The summed E-state index contributed by atoms with van der Waals surface area (Å²) in [6.45, 7) is 9.91. The van der Waals surface area contributed by atoms with Crippen LogP contribution in [0.15, 0.2) is 42.5 Å². The van der Waals surface area contributed by atoms with E-state index < -0.39 is 0 Å². The maximum absolute atomic E-state index is 6.28. The fraction of sp³-hybridized carbons (Fsp3) is 0.433. The molecule has 3 aromatic carbocycles. The van der Waals surface area contributed by atoms with Gasteiger partial charge in [0.2, 0.25) is 0 Å². The normalized spacial score (nSPS) is 21.1. The highest BCUT2D eigenvalue weighted by Gasteiger charge is 2.51. The van der Waals surface area contributed by atoms with Gasteiger partial charge in [-0.1, -0.05) is 24.3 Å². The molecule has 0 spiro atoms. The van der Waals surface area contributed by atoms with E-state index >= 15 is 0 Å². The summed E-state index contributed by atoms with van der Waals surface area (Å²) in [4.78, 5) is 8.53. The van der Waals surface area contributed by atoms with Crippen molar-refractivity contribution in [3.8, 4) is 16.9 Å². The Morgan fingerprint density at radius 2 is 1.74 bits per heavy atom. The summed E-state index contributed by atoms with van der Waals surface area (Å²) in [5.74, 6) is 1.94. The number of H-pyrrole nitrogens is 1. The second kappa shape index (κ2) is 9.38. The Kier molecular flexibility index (Phi) is 6.26. The van der Waals surface area contributed by atoms with Crippen molar-refractivity contribution < 1.29 is 18.8 Å². The highest BCUT2D eigenvalue weighted by molar-refractivity contribution is 6.62. The van der Waals surface area contributed by atoms with Crippen molar-refractivity contribution in [2.75, 3.05) is 20.8 Å². The van der Waals surface area contributed by atoms with E-state index in [9.17, 15) is 0 Å². The van der Waals surface area contributed by atoms with Gasteiger partial charge in [0.25, 0.3) is 0 Å². The fourth-order valence-electron chi connectivity index (χ4n) is 5.53. The van der Waals surface area contributed by atoms with Gasteiger partial charge in [-0.3, -0.25) is 0 Å². The molecule has 3 aliphatic rings. The summed E-state index contributed by atoms with van der Waals surface area (Å²) in [5.41, 5.74) is 5.87. The molecule has 0 saturated carbocycles. The van der Waals surface area contributed by atoms with Gasteiger partial charge in [-0.25, -0.2) is 4.98 Å². The van der Waals surface area contributed by atoms with Crippen LogP contribution >= 0.6 is 0 Å². The van der Waals surface area contributed by atoms with Crippen LogP contribution < -0.4 is 15.5 Å². The third-order valence-corrected chi connectivity index (χ3v) is 8.30. The molecule has 2 fully saturated rings. The van der Waals surface area contributed by atoms with Crippen LogP contribution in [0.5, 0.6) is 5.75 Å². The van der Waals surface area contributed by atoms with Crippen LogP contribution in [0.25, 0.3) is 32.9 Å². The number of nitrogens with zero attached hydrogens (tertiary/aromatic N) is 1. The van der Waals surface area contributed by atoms with E-state index in [1.165, 1.54) is 17.4 Å². The summed E-state index contributed by atoms with van der Waals surface area (Å²) in [6.07, 6.45) is 2.32. The standard InChI is InChI=1S/C28H30BN3O3.C2H6O/c1-27(2)28(3,4)35-29(34-27)18-8-9-19-17(12-18)15-33-24-14-20-16(13-21(19)24)7-10-22-25(20)32-26(31-22)23-6-5-11-30-23;1-3-2/h7-10,12-14,23,30H,5-6,11,15H2,1-4H3,(H,31,32);1-2H3. The molecule has 0 amide bonds. The second-order valence-electron chi connectivity index (χ2n) is 11.5. The Morgan fingerprint density at radius 1 is 0.974 bits per heavy atom. The lowest BCUT2D eigenvalue weighted by atomic mass is 9.77. The molecular formula is C30H36BN3O4. The van der Waals surface area contributed by atoms with Crippen LogP contribution in [-0.4, -0.2) is 49.1 Å². The molecule has 1 atom stereocenters. The van der Waals surface area contributed by atoms with E-state index in [2.05, 4.69) is 85.2 Å². The number of fused-ring (bicyclic) bond motifs is 6. The highest BCUT2D eigenvalue weighted by Crippen LogP contribution is 2.42. The molecule has 198 valence electrons. The van der Waals surface area contributed by atoms with Crippen molar-refractivity contribution in [2.45, 2.75) is 64.4 Å². The number of nitrogens with one attached hydrogen (secondary N) is 2. The molecule has 7 rings (SSSR count). The first-order valence-corrected chi connectivity index (χ1v) is 13.4. The van der Waals surface area contributed by atoms with Gasteiger partial charge >= 0.3 is 7.12 Å². The minimum atomic E-state index is -0.375. The molecule has 4 heterocycles. The van der Waals surface area contributed by atoms with E-state index in [4.69, 9.17) is 19.0 Å². The first-order chi connectivity index (χ1) is 18.2. The number of aromatic nitrogens is 2. The Labute approximate surface area is 224 Å². The van der Waals surface area contributed by atoms with E-state index in [1.54, 1.807) is 14.2 Å². The summed E-state index contributed by atoms with van der Waals surface area (Å²) >= 11 is 0. The molecule has 3 aliphatic heterocycles. The average Bonchev–Trinajstić information content (AvgIpc) is 3.61. The predicted octanol–water partition coefficient (Wildman–Crippen LogP) is 5.26. The van der Waals surface area contributed by atoms with Gasteiger partial charge < -0.3 is 29.1 Å². The lowest BCUT2D eigenvalue weighted by Crippen LogP contribution is -2.41. The zero-order valence-electron chi connectivity index (χ0n) is 23.1. The van der Waals surface area contributed by atoms with Crippen LogP contribution in [0, 0.1) is 0 Å². The molecule has 0 radical (unpaired) electrons. The summed E-state index contributed by atoms with van der Waals surface area (Å²) in [6, 6.07) is 15.5. The maximum atomic E-state index is 6.28. The lowest BCUT2D eigenvalue weighted by molar-refractivity contribution is 0.00578. The first-order valence-electron chi connectivity index (χ1n) is 13.4. The van der Waals surface area contributed by atoms with Crippen molar-refractivity contribution in [1.82, 2.24) is 15.3 Å². The van der Waals surface area contributed by atoms with Crippen LogP contribution in [-0.2, 0) is 20.7 Å². The number of hydrogen-bond donors (Lipinski definition) is 2. The molecule has 8 heteroatoms. The Morgan fingerprint density at radius 3 is 2.45 bits per heavy atom. The van der Waals surface area contributed by atoms with E-state index in [1.807, 2.05) is 0 Å². The number of aromatic amines is 1. The molecular weight excluding hydrogens is 477 g/mol. The smallest absolute Gasteiger partial charge is 0.488 e. The summed E-state index contributed by atoms with van der Waals surface area (Å²) in [5, 5.41) is 5.83. The SMILES string of the molecule is CC1(C)OB(c2ccc3c(c2)COc2cc4c(ccc5[nH]c(C6CCCN6)nc54)cc2-3)OC1(C)C.COC. The van der Waals surface area contributed by atoms with Crippen molar-refractivity contribution in [3.63, 3.8) is 0 Å². The molecule has 0 bridgehead atoms. The Hall–Kier alpha value is -2.91. The number of rotatable bonds is 2. The topological polar surface area (TPSA) is 77.6 Å². The van der Waals surface area contributed by atoms with Gasteiger partial charge in [0.05, 0.1) is 28.3 Å². The average molecular weight is 513 g/mol. The minimum absolute atomic E-state index is 0.316. The number of ether oxygens (including phenoxy) is 2. The maximum Gasteiger partial charge on any atom is 0.494 e. The molecule has 7 nitrogen and oxygen atoms in total. The Bertz CT molecular complexity index is 1490. The summed E-state index contributed by atoms with van der Waals surface area (Å²) < 4.78 is 23.1. The zero-order chi connectivity index (χ0) is 26.7. The van der Waals surface area contributed by atoms with E-state index in [-0.39, 0.29) is 18.3 Å². The minimum Gasteiger partial charge on any atom is -0.488 e. The predicted molar refractivity (Wildman–Crippen MR) is 152 cm³/mol. The van der Waals surface area contributed by atoms with Crippen LogP contribution in [0.3, 0.4) is 0 Å². The van der Waals surface area contributed by atoms with Gasteiger partial charge in [-0.05, 0) is 87.3 Å². The zero-order valence-corrected chi connectivity index (χ0v) is 23.1. The molecule has 0 aliphatic carbocycles. The number of imidazole rings is 1. The first kappa shape index (κ1) is 25.4. The molecule has 2 N–H and O–H groups in total. The van der Waals surface area contributed by atoms with E-state index in [0.29, 0.717) is 12.6 Å². The number of methoxy groups -OCH3 is 1. The number of benzene rings is 3. The van der Waals surface area contributed by atoms with Crippen molar-refractivity contribution in [1.29, 1.82) is 0 Å². The van der Waals surface area contributed by atoms with Crippen LogP contribution in [0.1, 0.15) is 58.0 Å². The molecule has 38 heavy (non-hydrogen) atoms. The van der Waals surface area contributed by atoms with Gasteiger partial charge in [0, 0.05) is 25.2 Å². The molecule has 2 saturated heterocycles. The van der Waals surface area contributed by atoms with Crippen LogP contribution in [0.2, 0.25) is 0 Å². The number of hydrogen-bond acceptors (Lipinski definition) is 6. The van der Waals surface area contributed by atoms with Gasteiger partial charge in [0.1, 0.15) is 18.2 Å². The molecule has 4 aromatic rings. The van der Waals surface area contributed by atoms with Gasteiger partial charge in [-0.15, -0.1) is 0 Å². The van der Waals surface area contributed by atoms with Gasteiger partial charge in [0.15, 0.2) is 0 Å². The monoisotopic (exact) mass is 513 g/mol. The molecule has 1 unspecified atom stereocenters. The fourth-order valence-corrected chi connectivity index (χ4v) is 5.53. The molecule has 1 aromatic heterocycles. The van der Waals surface area contributed by atoms with Crippen molar-refractivity contribution >= 4 is 34.4 Å². The quantitative estimate of drug-likeness (QED) is 0.356. The van der Waals surface area contributed by atoms with Crippen molar-refractivity contribution in [3.05, 3.63) is 53.9 Å². The third-order valence-electron chi connectivity index (χ3n) is 8.30. The third kappa shape index (κ3) is 4.20. The Balaban J connectivity index is 0.000000843. The largest absolute Gasteiger partial charge is 0.494 e.